The Morgan fingerprint density at radius 2 is 1.67 bits per heavy atom. The number of phenols is 1. The van der Waals surface area contributed by atoms with Gasteiger partial charge in [0.2, 0.25) is 0 Å². The maximum atomic E-state index is 10.6. The van der Waals surface area contributed by atoms with Crippen LogP contribution in [0.5, 0.6) is 5.75 Å². The summed E-state index contributed by atoms with van der Waals surface area (Å²) in [5.74, 6) is -2.63. The van der Waals surface area contributed by atoms with Crippen molar-refractivity contribution >= 4 is 28.5 Å². The second-order valence-electron chi connectivity index (χ2n) is 5.51. The summed E-state index contributed by atoms with van der Waals surface area (Å²) in [6.07, 6.45) is -3.14. The largest absolute Gasteiger partial charge is 0.506 e. The summed E-state index contributed by atoms with van der Waals surface area (Å²) in [7, 11) is 0. The zero-order valence-corrected chi connectivity index (χ0v) is 14.6. The molecule has 0 atom stereocenters. The van der Waals surface area contributed by atoms with E-state index in [2.05, 4.69) is 28.5 Å². The van der Waals surface area contributed by atoms with Crippen LogP contribution in [0.3, 0.4) is 0 Å². The maximum Gasteiger partial charge on any atom is 0.490 e. The predicted octanol–water partition coefficient (Wildman–Crippen LogP) is 4.45. The first-order valence-electron chi connectivity index (χ1n) is 7.72. The van der Waals surface area contributed by atoms with E-state index in [1.165, 1.54) is 10.9 Å². The lowest BCUT2D eigenvalue weighted by atomic mass is 10.1. The van der Waals surface area contributed by atoms with Gasteiger partial charge < -0.3 is 20.5 Å². The Morgan fingerprint density at radius 1 is 1.07 bits per heavy atom. The number of fused-ring (bicyclic) bond motifs is 1. The molecule has 0 spiro atoms. The fourth-order valence-electron chi connectivity index (χ4n) is 2.34. The molecule has 0 fully saturated rings. The van der Waals surface area contributed by atoms with E-state index in [0.717, 1.165) is 17.6 Å². The molecule has 5 nitrogen and oxygen atoms in total. The van der Waals surface area contributed by atoms with Crippen LogP contribution in [-0.2, 0) is 17.9 Å². The van der Waals surface area contributed by atoms with Gasteiger partial charge in [0.25, 0.3) is 0 Å². The normalized spacial score (nSPS) is 11.1. The standard InChI is InChI=1S/C16H15ClN2O.C2HF3O2/c17-16-12(4-2-6-15(16)20)10-18-9-11-3-1-5-14-13(11)7-8-19-14;3-2(4,5)1(6)7/h1-8,18-20H,9-10H2;(H,6,7). The van der Waals surface area contributed by atoms with Crippen LogP contribution >= 0.6 is 11.6 Å². The van der Waals surface area contributed by atoms with Gasteiger partial charge in [-0.2, -0.15) is 13.2 Å². The number of nitrogens with one attached hydrogen (secondary N) is 2. The molecule has 0 aliphatic rings. The molecule has 4 N–H and O–H groups in total. The quantitative estimate of drug-likeness (QED) is 0.521. The number of aromatic hydroxyl groups is 1. The summed E-state index contributed by atoms with van der Waals surface area (Å²) in [5, 5.41) is 21.7. The number of hydrogen-bond donors (Lipinski definition) is 4. The van der Waals surface area contributed by atoms with Crippen molar-refractivity contribution in [1.29, 1.82) is 0 Å². The molecule has 0 radical (unpaired) electrons. The average molecular weight is 401 g/mol. The Kier molecular flexibility index (Phi) is 6.70. The summed E-state index contributed by atoms with van der Waals surface area (Å²) >= 11 is 6.06. The van der Waals surface area contributed by atoms with Crippen LogP contribution in [0.1, 0.15) is 11.1 Å². The molecule has 3 aromatic rings. The number of carboxylic acid groups (broad SMARTS) is 1. The Balaban J connectivity index is 0.000000321. The Morgan fingerprint density at radius 3 is 2.33 bits per heavy atom. The number of alkyl halides is 3. The van der Waals surface area contributed by atoms with Gasteiger partial charge in [-0.3, -0.25) is 0 Å². The number of carbonyl (C=O) groups is 1. The van der Waals surface area contributed by atoms with Crippen LogP contribution < -0.4 is 5.32 Å². The van der Waals surface area contributed by atoms with E-state index in [1.54, 1.807) is 12.1 Å². The highest BCUT2D eigenvalue weighted by Gasteiger charge is 2.38. The number of rotatable bonds is 4. The summed E-state index contributed by atoms with van der Waals surface area (Å²) in [6, 6.07) is 13.6. The van der Waals surface area contributed by atoms with Crippen molar-refractivity contribution in [3.8, 4) is 5.75 Å². The van der Waals surface area contributed by atoms with Crippen LogP contribution in [-0.4, -0.2) is 27.3 Å². The van der Waals surface area contributed by atoms with E-state index in [-0.39, 0.29) is 5.75 Å². The number of hydrogen-bond acceptors (Lipinski definition) is 3. The lowest BCUT2D eigenvalue weighted by Gasteiger charge is -2.08. The number of carboxylic acids is 1. The topological polar surface area (TPSA) is 85.3 Å². The van der Waals surface area contributed by atoms with Gasteiger partial charge in [-0.15, -0.1) is 0 Å². The number of halogens is 4. The number of aliphatic carboxylic acids is 1. The van der Waals surface area contributed by atoms with Gasteiger partial charge in [-0.1, -0.05) is 35.9 Å². The van der Waals surface area contributed by atoms with Crippen molar-refractivity contribution in [2.45, 2.75) is 19.3 Å². The number of H-pyrrole nitrogens is 1. The van der Waals surface area contributed by atoms with E-state index in [0.29, 0.717) is 11.6 Å². The average Bonchev–Trinajstić information content (AvgIpc) is 3.08. The zero-order chi connectivity index (χ0) is 20.0. The van der Waals surface area contributed by atoms with Crippen molar-refractivity contribution < 1.29 is 28.2 Å². The molecule has 1 heterocycles. The second-order valence-corrected chi connectivity index (χ2v) is 5.89. The van der Waals surface area contributed by atoms with E-state index in [4.69, 9.17) is 21.5 Å². The Hall–Kier alpha value is -2.71. The van der Waals surface area contributed by atoms with Gasteiger partial charge in [0.05, 0.1) is 5.02 Å². The third-order valence-electron chi connectivity index (χ3n) is 3.62. The lowest BCUT2D eigenvalue weighted by molar-refractivity contribution is -0.192. The highest BCUT2D eigenvalue weighted by atomic mass is 35.5. The van der Waals surface area contributed by atoms with Crippen molar-refractivity contribution in [1.82, 2.24) is 10.3 Å². The maximum absolute atomic E-state index is 10.6. The first-order valence-corrected chi connectivity index (χ1v) is 8.10. The molecule has 144 valence electrons. The van der Waals surface area contributed by atoms with Crippen molar-refractivity contribution in [3.63, 3.8) is 0 Å². The third-order valence-corrected chi connectivity index (χ3v) is 4.05. The molecule has 3 rings (SSSR count). The number of phenolic OH excluding ortho intramolecular Hbond substituents is 1. The molecule has 1 aromatic heterocycles. The van der Waals surface area contributed by atoms with Gasteiger partial charge in [-0.25, -0.2) is 4.79 Å². The summed E-state index contributed by atoms with van der Waals surface area (Å²) < 4.78 is 31.7. The minimum Gasteiger partial charge on any atom is -0.506 e. The molecule has 0 aliphatic carbocycles. The SMILES string of the molecule is O=C(O)C(F)(F)F.Oc1cccc(CNCc2cccc3[nH]ccc23)c1Cl. The van der Waals surface area contributed by atoms with Crippen LogP contribution in [0.25, 0.3) is 10.9 Å². The molecular weight excluding hydrogens is 385 g/mol. The smallest absolute Gasteiger partial charge is 0.490 e. The molecule has 27 heavy (non-hydrogen) atoms. The highest BCUT2D eigenvalue weighted by molar-refractivity contribution is 6.32. The molecule has 0 saturated carbocycles. The number of benzene rings is 2. The number of aromatic amines is 1. The molecule has 0 bridgehead atoms. The van der Waals surface area contributed by atoms with Crippen molar-refractivity contribution in [2.24, 2.45) is 0 Å². The van der Waals surface area contributed by atoms with Crippen LogP contribution in [0.4, 0.5) is 13.2 Å². The minimum absolute atomic E-state index is 0.124. The Bertz CT molecular complexity index is 926. The fourth-order valence-corrected chi connectivity index (χ4v) is 2.53. The van der Waals surface area contributed by atoms with Gasteiger partial charge in [0, 0.05) is 30.2 Å². The fraction of sp³-hybridized carbons (Fsp3) is 0.167. The second kappa shape index (κ2) is 8.79. The lowest BCUT2D eigenvalue weighted by Crippen LogP contribution is -2.21. The molecule has 2 aromatic carbocycles. The van der Waals surface area contributed by atoms with Gasteiger partial charge in [0.15, 0.2) is 0 Å². The summed E-state index contributed by atoms with van der Waals surface area (Å²) in [6.45, 7) is 1.37. The van der Waals surface area contributed by atoms with Gasteiger partial charge in [0.1, 0.15) is 5.75 Å². The van der Waals surface area contributed by atoms with Crippen LogP contribution in [0, 0.1) is 0 Å². The van der Waals surface area contributed by atoms with Crippen LogP contribution in [0.15, 0.2) is 48.7 Å². The molecule has 0 unspecified atom stereocenters. The monoisotopic (exact) mass is 400 g/mol. The summed E-state index contributed by atoms with van der Waals surface area (Å²) in [4.78, 5) is 12.1. The zero-order valence-electron chi connectivity index (χ0n) is 13.8. The highest BCUT2D eigenvalue weighted by Crippen LogP contribution is 2.26. The first kappa shape index (κ1) is 20.6. The van der Waals surface area contributed by atoms with E-state index in [1.807, 2.05) is 18.3 Å². The minimum atomic E-state index is -5.08. The predicted molar refractivity (Wildman–Crippen MR) is 95.7 cm³/mol. The van der Waals surface area contributed by atoms with Crippen molar-refractivity contribution in [3.05, 3.63) is 64.8 Å². The molecule has 0 amide bonds. The van der Waals surface area contributed by atoms with Crippen molar-refractivity contribution in [2.75, 3.05) is 0 Å². The third kappa shape index (κ3) is 5.63. The van der Waals surface area contributed by atoms with E-state index < -0.39 is 12.1 Å². The van der Waals surface area contributed by atoms with E-state index in [9.17, 15) is 18.3 Å². The van der Waals surface area contributed by atoms with Crippen LogP contribution in [0.2, 0.25) is 5.02 Å². The van der Waals surface area contributed by atoms with E-state index >= 15 is 0 Å². The molecule has 0 aliphatic heterocycles. The molecule has 9 heteroatoms. The van der Waals surface area contributed by atoms with Gasteiger partial charge >= 0.3 is 12.1 Å². The summed E-state index contributed by atoms with van der Waals surface area (Å²) in [5.41, 5.74) is 3.27. The Labute approximate surface area is 157 Å². The van der Waals surface area contributed by atoms with Gasteiger partial charge in [-0.05, 0) is 29.3 Å². The molecular formula is C18H16ClF3N2O3. The first-order chi connectivity index (χ1) is 12.7. The number of aromatic nitrogens is 1. The molecule has 0 saturated heterocycles.